The van der Waals surface area contributed by atoms with Crippen LogP contribution in [0.15, 0.2) is 27.5 Å². The molecule has 3 aromatic rings. The zero-order valence-corrected chi connectivity index (χ0v) is 13.6. The van der Waals surface area contributed by atoms with Gasteiger partial charge in [-0.2, -0.15) is 18.2 Å². The van der Waals surface area contributed by atoms with Crippen molar-refractivity contribution in [3.8, 4) is 11.4 Å². The summed E-state index contributed by atoms with van der Waals surface area (Å²) in [7, 11) is 0. The summed E-state index contributed by atoms with van der Waals surface area (Å²) in [6, 6.07) is 3.32. The largest absolute Gasteiger partial charge is 0.471 e. The molecular weight excluding hydrogens is 353 g/mol. The van der Waals surface area contributed by atoms with Crippen LogP contribution < -0.4 is 4.90 Å². The third kappa shape index (κ3) is 2.89. The highest BCUT2D eigenvalue weighted by molar-refractivity contribution is 5.56. The molecule has 4 rings (SSSR count). The van der Waals surface area contributed by atoms with E-state index in [2.05, 4.69) is 34.9 Å². The van der Waals surface area contributed by atoms with Crippen molar-refractivity contribution in [2.45, 2.75) is 32.0 Å². The van der Waals surface area contributed by atoms with E-state index in [-0.39, 0.29) is 11.9 Å². The van der Waals surface area contributed by atoms with Gasteiger partial charge in [0.05, 0.1) is 6.04 Å². The van der Waals surface area contributed by atoms with E-state index in [0.717, 1.165) is 30.8 Å². The number of hydrogen-bond acceptors (Lipinski definition) is 8. The lowest BCUT2D eigenvalue weighted by molar-refractivity contribution is -0.159. The Bertz CT molecular complexity index is 905. The fourth-order valence-electron chi connectivity index (χ4n) is 3.01. The molecule has 0 saturated carbocycles. The maximum Gasteiger partial charge on any atom is 0.471 e. The van der Waals surface area contributed by atoms with Gasteiger partial charge >= 0.3 is 12.1 Å². The predicted molar refractivity (Wildman–Crippen MR) is 80.9 cm³/mol. The number of pyridine rings is 1. The van der Waals surface area contributed by atoms with Gasteiger partial charge in [-0.25, -0.2) is 9.61 Å². The molecule has 4 heterocycles. The van der Waals surface area contributed by atoms with Gasteiger partial charge in [0.1, 0.15) is 17.2 Å². The third-order valence-corrected chi connectivity index (χ3v) is 4.22. The highest BCUT2D eigenvalue weighted by Crippen LogP contribution is 2.36. The average molecular weight is 366 g/mol. The first-order valence-electron chi connectivity index (χ1n) is 7.86. The predicted octanol–water partition coefficient (Wildman–Crippen LogP) is 3.18. The molecule has 0 spiro atoms. The van der Waals surface area contributed by atoms with Gasteiger partial charge in [-0.05, 0) is 31.9 Å². The van der Waals surface area contributed by atoms with E-state index in [1.54, 1.807) is 12.1 Å². The van der Waals surface area contributed by atoms with Crippen LogP contribution in [-0.2, 0) is 6.18 Å². The number of alkyl halides is 3. The van der Waals surface area contributed by atoms with E-state index in [4.69, 9.17) is 4.63 Å². The minimum Gasteiger partial charge on any atom is -0.348 e. The van der Waals surface area contributed by atoms with Crippen molar-refractivity contribution in [3.63, 3.8) is 0 Å². The second kappa shape index (κ2) is 6.07. The van der Waals surface area contributed by atoms with Gasteiger partial charge in [0.25, 0.3) is 0 Å². The van der Waals surface area contributed by atoms with Gasteiger partial charge in [-0.15, -0.1) is 0 Å². The molecule has 1 fully saturated rings. The van der Waals surface area contributed by atoms with E-state index in [1.165, 1.54) is 6.20 Å². The van der Waals surface area contributed by atoms with Crippen molar-refractivity contribution in [2.24, 2.45) is 0 Å². The Hall–Kier alpha value is -2.98. The van der Waals surface area contributed by atoms with Crippen LogP contribution in [0.2, 0.25) is 0 Å². The second-order valence-electron chi connectivity index (χ2n) is 5.91. The van der Waals surface area contributed by atoms with Gasteiger partial charge in [0.2, 0.25) is 5.82 Å². The SMILES string of the molecule is Cc1nonc1C1CCCN1c1ccc(-c2noc(C(F)(F)F)n2)cn1. The Morgan fingerprint density at radius 3 is 2.65 bits per heavy atom. The summed E-state index contributed by atoms with van der Waals surface area (Å²) < 4.78 is 46.7. The fraction of sp³-hybridized carbons (Fsp3) is 0.400. The van der Waals surface area contributed by atoms with Gasteiger partial charge in [-0.3, -0.25) is 0 Å². The molecule has 136 valence electrons. The summed E-state index contributed by atoms with van der Waals surface area (Å²) in [6.45, 7) is 2.61. The van der Waals surface area contributed by atoms with Gasteiger partial charge < -0.3 is 9.42 Å². The normalized spacial score (nSPS) is 17.8. The minimum atomic E-state index is -4.68. The number of rotatable bonds is 3. The molecule has 1 aliphatic rings. The molecule has 0 radical (unpaired) electrons. The molecular formula is C15H13F3N6O2. The van der Waals surface area contributed by atoms with Gasteiger partial charge in [0.15, 0.2) is 0 Å². The quantitative estimate of drug-likeness (QED) is 0.698. The van der Waals surface area contributed by atoms with Crippen LogP contribution in [-0.4, -0.2) is 32.0 Å². The second-order valence-corrected chi connectivity index (χ2v) is 5.91. The zero-order chi connectivity index (χ0) is 18.3. The van der Waals surface area contributed by atoms with Crippen LogP contribution in [0.25, 0.3) is 11.4 Å². The fourth-order valence-corrected chi connectivity index (χ4v) is 3.01. The number of anilines is 1. The summed E-state index contributed by atoms with van der Waals surface area (Å²) in [5.74, 6) is -0.866. The number of hydrogen-bond donors (Lipinski definition) is 0. The highest BCUT2D eigenvalue weighted by atomic mass is 19.4. The van der Waals surface area contributed by atoms with Crippen molar-refractivity contribution in [2.75, 3.05) is 11.4 Å². The first-order valence-corrected chi connectivity index (χ1v) is 7.86. The maximum absolute atomic E-state index is 12.6. The maximum atomic E-state index is 12.6. The molecule has 1 unspecified atom stereocenters. The summed E-state index contributed by atoms with van der Waals surface area (Å²) in [5, 5.41) is 11.1. The first kappa shape index (κ1) is 16.5. The molecule has 1 saturated heterocycles. The van der Waals surface area contributed by atoms with Gasteiger partial charge in [0, 0.05) is 18.3 Å². The molecule has 3 aromatic heterocycles. The molecule has 0 aromatic carbocycles. The summed E-state index contributed by atoms with van der Waals surface area (Å²) in [6.07, 6.45) is -1.41. The molecule has 26 heavy (non-hydrogen) atoms. The Balaban J connectivity index is 1.58. The molecule has 0 aliphatic carbocycles. The number of nitrogens with zero attached hydrogens (tertiary/aromatic N) is 6. The summed E-state index contributed by atoms with van der Waals surface area (Å²) in [5.41, 5.74) is 1.83. The van der Waals surface area contributed by atoms with Crippen LogP contribution in [0.1, 0.15) is 36.2 Å². The van der Waals surface area contributed by atoms with Crippen LogP contribution in [0, 0.1) is 6.92 Å². The van der Waals surface area contributed by atoms with E-state index >= 15 is 0 Å². The number of aromatic nitrogens is 5. The van der Waals surface area contributed by atoms with Crippen molar-refractivity contribution in [1.82, 2.24) is 25.4 Å². The van der Waals surface area contributed by atoms with E-state index in [9.17, 15) is 13.2 Å². The lowest BCUT2D eigenvalue weighted by atomic mass is 10.1. The Kier molecular flexibility index (Phi) is 3.85. The number of aryl methyl sites for hydroxylation is 1. The van der Waals surface area contributed by atoms with Crippen molar-refractivity contribution >= 4 is 5.82 Å². The van der Waals surface area contributed by atoms with E-state index in [1.807, 2.05) is 6.92 Å². The molecule has 8 nitrogen and oxygen atoms in total. The smallest absolute Gasteiger partial charge is 0.348 e. The topological polar surface area (TPSA) is 94.0 Å². The third-order valence-electron chi connectivity index (χ3n) is 4.22. The highest BCUT2D eigenvalue weighted by Gasteiger charge is 2.38. The molecule has 0 amide bonds. The molecule has 1 atom stereocenters. The van der Waals surface area contributed by atoms with Crippen LogP contribution in [0.3, 0.4) is 0 Å². The summed E-state index contributed by atoms with van der Waals surface area (Å²) >= 11 is 0. The first-order chi connectivity index (χ1) is 12.4. The van der Waals surface area contributed by atoms with Crippen molar-refractivity contribution in [3.05, 3.63) is 35.6 Å². The molecule has 0 bridgehead atoms. The number of halogens is 3. The van der Waals surface area contributed by atoms with E-state index in [0.29, 0.717) is 11.4 Å². The average Bonchev–Trinajstić information content (AvgIpc) is 3.34. The van der Waals surface area contributed by atoms with Gasteiger partial charge in [-0.1, -0.05) is 15.5 Å². The zero-order valence-electron chi connectivity index (χ0n) is 13.6. The minimum absolute atomic E-state index is 0.00149. The van der Waals surface area contributed by atoms with Crippen LogP contribution >= 0.6 is 0 Å². The van der Waals surface area contributed by atoms with Crippen LogP contribution in [0.4, 0.5) is 19.0 Å². The Labute approximate surface area is 145 Å². The van der Waals surface area contributed by atoms with Crippen LogP contribution in [0.5, 0.6) is 0 Å². The lowest BCUT2D eigenvalue weighted by Crippen LogP contribution is -2.24. The Morgan fingerprint density at radius 1 is 1.19 bits per heavy atom. The Morgan fingerprint density at radius 2 is 2.04 bits per heavy atom. The lowest BCUT2D eigenvalue weighted by Gasteiger charge is -2.24. The van der Waals surface area contributed by atoms with Crippen molar-refractivity contribution in [1.29, 1.82) is 0 Å². The van der Waals surface area contributed by atoms with Crippen molar-refractivity contribution < 1.29 is 22.3 Å². The summed E-state index contributed by atoms with van der Waals surface area (Å²) in [4.78, 5) is 9.76. The van der Waals surface area contributed by atoms with E-state index < -0.39 is 12.1 Å². The monoisotopic (exact) mass is 366 g/mol. The standard InChI is InChI=1S/C15H13F3N6O2/c1-8-12(22-26-21-8)10-3-2-6-24(10)11-5-4-9(7-19-11)13-20-14(25-23-13)15(16,17)18/h4-5,7,10H,2-3,6H2,1H3. The molecule has 1 aliphatic heterocycles. The molecule has 0 N–H and O–H groups in total. The molecule has 11 heteroatoms.